The lowest BCUT2D eigenvalue weighted by atomic mass is 10.3. The van der Waals surface area contributed by atoms with E-state index in [1.54, 1.807) is 13.1 Å². The minimum Gasteiger partial charge on any atom is -0.392 e. The SMILES string of the molecule is CC(O)CNCc1ccccn1. The zero-order valence-corrected chi connectivity index (χ0v) is 7.20. The van der Waals surface area contributed by atoms with E-state index in [0.29, 0.717) is 13.1 Å². The molecule has 1 aromatic rings. The maximum atomic E-state index is 8.95. The smallest absolute Gasteiger partial charge is 0.0636 e. The molecule has 3 nitrogen and oxygen atoms in total. The molecule has 0 saturated carbocycles. The number of aliphatic hydroxyl groups is 1. The quantitative estimate of drug-likeness (QED) is 0.686. The van der Waals surface area contributed by atoms with E-state index in [1.807, 2.05) is 18.2 Å². The number of aliphatic hydroxyl groups excluding tert-OH is 1. The van der Waals surface area contributed by atoms with Crippen molar-refractivity contribution < 1.29 is 5.11 Å². The summed E-state index contributed by atoms with van der Waals surface area (Å²) in [5.74, 6) is 0. The summed E-state index contributed by atoms with van der Waals surface area (Å²) in [5.41, 5.74) is 0.998. The summed E-state index contributed by atoms with van der Waals surface area (Å²) in [5, 5.41) is 12.0. The highest BCUT2D eigenvalue weighted by Gasteiger charge is 1.95. The molecule has 0 saturated heterocycles. The highest BCUT2D eigenvalue weighted by atomic mass is 16.3. The van der Waals surface area contributed by atoms with Gasteiger partial charge in [-0.15, -0.1) is 0 Å². The molecule has 0 bridgehead atoms. The van der Waals surface area contributed by atoms with Crippen LogP contribution < -0.4 is 5.32 Å². The summed E-state index contributed by atoms with van der Waals surface area (Å²) in [4.78, 5) is 4.13. The normalized spacial score (nSPS) is 12.8. The standard InChI is InChI=1S/C9H14N2O/c1-8(12)6-10-7-9-4-2-3-5-11-9/h2-5,8,10,12H,6-7H2,1H3. The number of aromatic nitrogens is 1. The van der Waals surface area contributed by atoms with Crippen LogP contribution in [0, 0.1) is 0 Å². The number of hydrogen-bond donors (Lipinski definition) is 2. The van der Waals surface area contributed by atoms with Crippen molar-refractivity contribution >= 4 is 0 Å². The van der Waals surface area contributed by atoms with E-state index in [2.05, 4.69) is 10.3 Å². The van der Waals surface area contributed by atoms with Gasteiger partial charge in [-0.25, -0.2) is 0 Å². The van der Waals surface area contributed by atoms with Crippen LogP contribution in [-0.2, 0) is 6.54 Å². The average Bonchev–Trinajstić information content (AvgIpc) is 2.05. The third kappa shape index (κ3) is 3.46. The van der Waals surface area contributed by atoms with Gasteiger partial charge >= 0.3 is 0 Å². The lowest BCUT2D eigenvalue weighted by Gasteiger charge is -2.05. The van der Waals surface area contributed by atoms with Gasteiger partial charge in [0, 0.05) is 19.3 Å². The maximum absolute atomic E-state index is 8.95. The number of rotatable bonds is 4. The van der Waals surface area contributed by atoms with Crippen LogP contribution in [0.5, 0.6) is 0 Å². The van der Waals surface area contributed by atoms with E-state index in [9.17, 15) is 0 Å². The zero-order chi connectivity index (χ0) is 8.81. The summed E-state index contributed by atoms with van der Waals surface area (Å²) < 4.78 is 0. The minimum atomic E-state index is -0.297. The summed E-state index contributed by atoms with van der Waals surface area (Å²) >= 11 is 0. The fourth-order valence-corrected chi connectivity index (χ4v) is 0.912. The monoisotopic (exact) mass is 166 g/mol. The van der Waals surface area contributed by atoms with E-state index >= 15 is 0 Å². The minimum absolute atomic E-state index is 0.297. The zero-order valence-electron chi connectivity index (χ0n) is 7.20. The van der Waals surface area contributed by atoms with Crippen molar-refractivity contribution in [1.29, 1.82) is 0 Å². The van der Waals surface area contributed by atoms with Crippen LogP contribution in [0.1, 0.15) is 12.6 Å². The average molecular weight is 166 g/mol. The summed E-state index contributed by atoms with van der Waals surface area (Å²) in [6.45, 7) is 3.08. The van der Waals surface area contributed by atoms with Crippen molar-refractivity contribution in [3.05, 3.63) is 30.1 Å². The molecule has 0 aliphatic rings. The fourth-order valence-electron chi connectivity index (χ4n) is 0.912. The summed E-state index contributed by atoms with van der Waals surface area (Å²) in [7, 11) is 0. The van der Waals surface area contributed by atoms with Crippen molar-refractivity contribution in [2.24, 2.45) is 0 Å². The fraction of sp³-hybridized carbons (Fsp3) is 0.444. The molecule has 0 amide bonds. The van der Waals surface area contributed by atoms with Gasteiger partial charge in [0.1, 0.15) is 0 Å². The highest BCUT2D eigenvalue weighted by molar-refractivity contribution is 5.02. The van der Waals surface area contributed by atoms with Crippen molar-refractivity contribution in [2.45, 2.75) is 19.6 Å². The highest BCUT2D eigenvalue weighted by Crippen LogP contribution is 1.91. The van der Waals surface area contributed by atoms with Gasteiger partial charge in [-0.05, 0) is 19.1 Å². The van der Waals surface area contributed by atoms with Gasteiger partial charge in [0.2, 0.25) is 0 Å². The van der Waals surface area contributed by atoms with Gasteiger partial charge in [-0.3, -0.25) is 4.98 Å². The first kappa shape index (κ1) is 9.16. The van der Waals surface area contributed by atoms with E-state index in [0.717, 1.165) is 5.69 Å². The van der Waals surface area contributed by atoms with E-state index in [4.69, 9.17) is 5.11 Å². The first-order valence-corrected chi connectivity index (χ1v) is 4.07. The molecule has 0 radical (unpaired) electrons. The first-order chi connectivity index (χ1) is 5.79. The molecule has 1 unspecified atom stereocenters. The largest absolute Gasteiger partial charge is 0.392 e. The van der Waals surface area contributed by atoms with Crippen molar-refractivity contribution in [2.75, 3.05) is 6.54 Å². The molecule has 1 aromatic heterocycles. The Hall–Kier alpha value is -0.930. The van der Waals surface area contributed by atoms with Gasteiger partial charge in [-0.1, -0.05) is 6.07 Å². The van der Waals surface area contributed by atoms with Gasteiger partial charge in [0.05, 0.1) is 11.8 Å². The molecule has 0 fully saturated rings. The van der Waals surface area contributed by atoms with E-state index in [-0.39, 0.29) is 6.10 Å². The van der Waals surface area contributed by atoms with Crippen molar-refractivity contribution in [3.63, 3.8) is 0 Å². The second-order valence-electron chi connectivity index (χ2n) is 2.80. The van der Waals surface area contributed by atoms with Crippen LogP contribution >= 0.6 is 0 Å². The number of hydrogen-bond acceptors (Lipinski definition) is 3. The summed E-state index contributed by atoms with van der Waals surface area (Å²) in [6, 6.07) is 5.79. The molecule has 1 atom stereocenters. The lowest BCUT2D eigenvalue weighted by molar-refractivity contribution is 0.191. The Balaban J connectivity index is 2.25. The Morgan fingerprint density at radius 1 is 1.58 bits per heavy atom. The molecular formula is C9H14N2O. The second kappa shape index (κ2) is 4.85. The molecule has 66 valence electrons. The van der Waals surface area contributed by atoms with Crippen LogP contribution in [0.2, 0.25) is 0 Å². The molecule has 12 heavy (non-hydrogen) atoms. The Labute approximate surface area is 72.5 Å². The van der Waals surface area contributed by atoms with Crippen LogP contribution in [0.4, 0.5) is 0 Å². The molecule has 0 aliphatic heterocycles. The molecule has 2 N–H and O–H groups in total. The maximum Gasteiger partial charge on any atom is 0.0636 e. The topological polar surface area (TPSA) is 45.1 Å². The Bertz CT molecular complexity index is 211. The second-order valence-corrected chi connectivity index (χ2v) is 2.80. The molecule has 3 heteroatoms. The van der Waals surface area contributed by atoms with Gasteiger partial charge in [0.25, 0.3) is 0 Å². The van der Waals surface area contributed by atoms with Crippen molar-refractivity contribution in [3.8, 4) is 0 Å². The third-order valence-electron chi connectivity index (χ3n) is 1.47. The molecule has 0 aromatic carbocycles. The van der Waals surface area contributed by atoms with Crippen LogP contribution in [0.3, 0.4) is 0 Å². The molecular weight excluding hydrogens is 152 g/mol. The van der Waals surface area contributed by atoms with Crippen molar-refractivity contribution in [1.82, 2.24) is 10.3 Å². The predicted molar refractivity (Wildman–Crippen MR) is 47.6 cm³/mol. The molecule has 0 spiro atoms. The lowest BCUT2D eigenvalue weighted by Crippen LogP contribution is -2.24. The number of nitrogens with zero attached hydrogens (tertiary/aromatic N) is 1. The van der Waals surface area contributed by atoms with Gasteiger partial charge in [-0.2, -0.15) is 0 Å². The van der Waals surface area contributed by atoms with Crippen LogP contribution in [-0.4, -0.2) is 22.7 Å². The Morgan fingerprint density at radius 2 is 2.42 bits per heavy atom. The Morgan fingerprint density at radius 3 is 3.00 bits per heavy atom. The molecule has 1 rings (SSSR count). The van der Waals surface area contributed by atoms with Gasteiger partial charge in [0.15, 0.2) is 0 Å². The summed E-state index contributed by atoms with van der Waals surface area (Å²) in [6.07, 6.45) is 1.47. The predicted octanol–water partition coefficient (Wildman–Crippen LogP) is 0.552. The van der Waals surface area contributed by atoms with E-state index in [1.165, 1.54) is 0 Å². The number of pyridine rings is 1. The molecule has 1 heterocycles. The third-order valence-corrected chi connectivity index (χ3v) is 1.47. The van der Waals surface area contributed by atoms with Crippen LogP contribution in [0.15, 0.2) is 24.4 Å². The van der Waals surface area contributed by atoms with Gasteiger partial charge < -0.3 is 10.4 Å². The number of nitrogens with one attached hydrogen (secondary N) is 1. The molecule has 0 aliphatic carbocycles. The van der Waals surface area contributed by atoms with Crippen LogP contribution in [0.25, 0.3) is 0 Å². The first-order valence-electron chi connectivity index (χ1n) is 4.07. The Kier molecular flexibility index (Phi) is 3.70. The van der Waals surface area contributed by atoms with E-state index < -0.39 is 0 Å².